The molecule has 4 aromatic rings. The summed E-state index contributed by atoms with van der Waals surface area (Å²) in [6, 6.07) is 12.7. The van der Waals surface area contributed by atoms with Gasteiger partial charge in [-0.15, -0.1) is 0 Å². The Bertz CT molecular complexity index is 1350. The number of benzene rings is 1. The van der Waals surface area contributed by atoms with E-state index in [0.717, 1.165) is 17.8 Å². The molecule has 3 aromatic heterocycles. The number of hydrogen-bond acceptors (Lipinski definition) is 4. The molecule has 178 valence electrons. The maximum Gasteiger partial charge on any atom is 0.433 e. The lowest BCUT2D eigenvalue weighted by atomic mass is 9.99. The molecule has 1 amide bonds. The van der Waals surface area contributed by atoms with Crippen molar-refractivity contribution in [2.45, 2.75) is 26.1 Å². The van der Waals surface area contributed by atoms with Crippen LogP contribution in [0.2, 0.25) is 0 Å². The van der Waals surface area contributed by atoms with Crippen molar-refractivity contribution in [1.82, 2.24) is 20.3 Å². The molecule has 0 aliphatic rings. The summed E-state index contributed by atoms with van der Waals surface area (Å²) < 4.78 is 52.8. The van der Waals surface area contributed by atoms with Gasteiger partial charge in [-0.3, -0.25) is 19.7 Å². The minimum Gasteiger partial charge on any atom is -0.345 e. The van der Waals surface area contributed by atoms with Gasteiger partial charge < -0.3 is 5.32 Å². The fourth-order valence-electron chi connectivity index (χ4n) is 3.47. The molecule has 0 radical (unpaired) electrons. The predicted molar refractivity (Wildman–Crippen MR) is 123 cm³/mol. The van der Waals surface area contributed by atoms with Crippen molar-refractivity contribution < 1.29 is 22.4 Å². The smallest absolute Gasteiger partial charge is 0.345 e. The van der Waals surface area contributed by atoms with Gasteiger partial charge in [-0.05, 0) is 67.4 Å². The van der Waals surface area contributed by atoms with Crippen LogP contribution < -0.4 is 5.32 Å². The van der Waals surface area contributed by atoms with E-state index in [1.165, 1.54) is 30.5 Å². The highest BCUT2D eigenvalue weighted by atomic mass is 19.4. The van der Waals surface area contributed by atoms with E-state index in [-0.39, 0.29) is 11.3 Å². The summed E-state index contributed by atoms with van der Waals surface area (Å²) in [5, 5.41) is 2.76. The maximum atomic E-state index is 14.5. The summed E-state index contributed by atoms with van der Waals surface area (Å²) >= 11 is 0. The van der Waals surface area contributed by atoms with Crippen LogP contribution in [0.15, 0.2) is 73.2 Å². The Morgan fingerprint density at radius 1 is 0.943 bits per heavy atom. The van der Waals surface area contributed by atoms with Crippen LogP contribution in [0.25, 0.3) is 22.5 Å². The second-order valence-corrected chi connectivity index (χ2v) is 8.02. The zero-order valence-electron chi connectivity index (χ0n) is 18.8. The van der Waals surface area contributed by atoms with Crippen molar-refractivity contribution in [3.8, 4) is 22.5 Å². The van der Waals surface area contributed by atoms with Crippen molar-refractivity contribution in [2.75, 3.05) is 0 Å². The topological polar surface area (TPSA) is 67.8 Å². The van der Waals surface area contributed by atoms with Crippen LogP contribution in [0.4, 0.5) is 17.6 Å². The highest BCUT2D eigenvalue weighted by Gasteiger charge is 2.32. The number of aromatic nitrogens is 3. The number of rotatable bonds is 5. The molecule has 0 saturated carbocycles. The first kappa shape index (κ1) is 24.0. The molecule has 35 heavy (non-hydrogen) atoms. The number of halogens is 4. The first-order valence-electron chi connectivity index (χ1n) is 10.6. The molecule has 3 heterocycles. The van der Waals surface area contributed by atoms with Crippen LogP contribution in [0.5, 0.6) is 0 Å². The summed E-state index contributed by atoms with van der Waals surface area (Å²) in [5.41, 5.74) is 2.20. The van der Waals surface area contributed by atoms with E-state index in [2.05, 4.69) is 20.3 Å². The van der Waals surface area contributed by atoms with E-state index >= 15 is 0 Å². The van der Waals surface area contributed by atoms with E-state index in [1.54, 1.807) is 31.3 Å². The number of nitrogens with one attached hydrogen (secondary N) is 1. The third-order valence-electron chi connectivity index (χ3n) is 5.36. The molecule has 5 nitrogen and oxygen atoms in total. The number of alkyl halides is 3. The monoisotopic (exact) mass is 480 g/mol. The normalized spacial score (nSPS) is 12.3. The number of carbonyl (C=O) groups excluding carboxylic acids is 1. The Labute approximate surface area is 198 Å². The van der Waals surface area contributed by atoms with Gasteiger partial charge in [0.1, 0.15) is 17.2 Å². The van der Waals surface area contributed by atoms with Gasteiger partial charge in [0, 0.05) is 35.3 Å². The SMILES string of the molecule is Cc1ccc(-c2cc(C(=O)N[C@H](C)c3ccc(C(F)(F)F)nc3)cc(-c3ncccc3F)c2)nc1. The highest BCUT2D eigenvalue weighted by molar-refractivity contribution is 5.97. The number of pyridine rings is 3. The summed E-state index contributed by atoms with van der Waals surface area (Å²) in [5.74, 6) is -1.04. The van der Waals surface area contributed by atoms with Gasteiger partial charge >= 0.3 is 6.18 Å². The summed E-state index contributed by atoms with van der Waals surface area (Å²) in [6.07, 6.45) is -0.334. The quantitative estimate of drug-likeness (QED) is 0.347. The van der Waals surface area contributed by atoms with Crippen molar-refractivity contribution in [2.24, 2.45) is 0 Å². The van der Waals surface area contributed by atoms with Gasteiger partial charge in [0.15, 0.2) is 0 Å². The van der Waals surface area contributed by atoms with Crippen LogP contribution in [0.1, 0.15) is 40.1 Å². The fraction of sp³-hybridized carbons (Fsp3) is 0.154. The van der Waals surface area contributed by atoms with Gasteiger partial charge in [0.2, 0.25) is 0 Å². The Morgan fingerprint density at radius 2 is 1.71 bits per heavy atom. The van der Waals surface area contributed by atoms with Gasteiger partial charge in [-0.25, -0.2) is 4.39 Å². The van der Waals surface area contributed by atoms with Gasteiger partial charge in [0.05, 0.1) is 11.7 Å². The lowest BCUT2D eigenvalue weighted by Crippen LogP contribution is -2.27. The standard InChI is InChI=1S/C26H20F4N4O/c1-15-5-7-22(32-13-15)18-10-19(24-21(27)4-3-9-31-24)12-20(11-18)25(35)34-16(2)17-6-8-23(33-14-17)26(28,29)30/h3-14,16H,1-2H3,(H,34,35)/t16-/m1/s1. The van der Waals surface area contributed by atoms with Crippen molar-refractivity contribution >= 4 is 5.91 Å². The molecule has 1 N–H and O–H groups in total. The van der Waals surface area contributed by atoms with Crippen LogP contribution in [0.3, 0.4) is 0 Å². The van der Waals surface area contributed by atoms with Gasteiger partial charge in [-0.1, -0.05) is 12.1 Å². The number of nitrogens with zero attached hydrogens (tertiary/aromatic N) is 3. The van der Waals surface area contributed by atoms with Crippen molar-refractivity contribution in [3.63, 3.8) is 0 Å². The van der Waals surface area contributed by atoms with Crippen LogP contribution in [-0.4, -0.2) is 20.9 Å². The number of carbonyl (C=O) groups is 1. The van der Waals surface area contributed by atoms with Crippen LogP contribution in [-0.2, 0) is 6.18 Å². The molecule has 0 aliphatic heterocycles. The molecule has 0 fully saturated rings. The Morgan fingerprint density at radius 3 is 2.34 bits per heavy atom. The third kappa shape index (κ3) is 5.51. The fourth-order valence-corrected chi connectivity index (χ4v) is 3.47. The molecule has 0 saturated heterocycles. The second-order valence-electron chi connectivity index (χ2n) is 8.02. The molecule has 1 atom stereocenters. The van der Waals surface area contributed by atoms with Gasteiger partial charge in [-0.2, -0.15) is 13.2 Å². The van der Waals surface area contributed by atoms with Gasteiger partial charge in [0.25, 0.3) is 5.91 Å². The highest BCUT2D eigenvalue weighted by Crippen LogP contribution is 2.30. The second kappa shape index (κ2) is 9.61. The molecule has 0 unspecified atom stereocenters. The number of aryl methyl sites for hydroxylation is 1. The molecule has 0 bridgehead atoms. The molecule has 4 rings (SSSR count). The number of amides is 1. The van der Waals surface area contributed by atoms with E-state index < -0.39 is 29.6 Å². The summed E-state index contributed by atoms with van der Waals surface area (Å²) in [6.45, 7) is 3.53. The Hall–Kier alpha value is -4.14. The first-order chi connectivity index (χ1) is 16.6. The molecule has 0 aliphatic carbocycles. The molecule has 9 heteroatoms. The van der Waals surface area contributed by atoms with Crippen LogP contribution >= 0.6 is 0 Å². The minimum atomic E-state index is -4.55. The molecule has 0 spiro atoms. The molecular weight excluding hydrogens is 460 g/mol. The Balaban J connectivity index is 1.67. The first-order valence-corrected chi connectivity index (χ1v) is 10.6. The maximum absolute atomic E-state index is 14.5. The van der Waals surface area contributed by atoms with E-state index in [0.29, 0.717) is 22.4 Å². The third-order valence-corrected chi connectivity index (χ3v) is 5.36. The zero-order chi connectivity index (χ0) is 25.2. The van der Waals surface area contributed by atoms with Crippen molar-refractivity contribution in [1.29, 1.82) is 0 Å². The van der Waals surface area contributed by atoms with Crippen molar-refractivity contribution in [3.05, 3.63) is 101 Å². The number of hydrogen-bond donors (Lipinski definition) is 1. The van der Waals surface area contributed by atoms with E-state index in [4.69, 9.17) is 0 Å². The molecular formula is C26H20F4N4O. The largest absolute Gasteiger partial charge is 0.433 e. The zero-order valence-corrected chi connectivity index (χ0v) is 18.8. The average molecular weight is 480 g/mol. The minimum absolute atomic E-state index is 0.0792. The average Bonchev–Trinajstić information content (AvgIpc) is 2.84. The van der Waals surface area contributed by atoms with E-state index in [9.17, 15) is 22.4 Å². The van der Waals surface area contributed by atoms with Crippen LogP contribution in [0, 0.1) is 12.7 Å². The van der Waals surface area contributed by atoms with E-state index in [1.807, 2.05) is 13.0 Å². The summed E-state index contributed by atoms with van der Waals surface area (Å²) in [7, 11) is 0. The molecule has 1 aromatic carbocycles. The predicted octanol–water partition coefficient (Wildman–Crippen LogP) is 6.16. The lowest BCUT2D eigenvalue weighted by Gasteiger charge is -2.16. The lowest BCUT2D eigenvalue weighted by molar-refractivity contribution is -0.141. The summed E-state index contributed by atoms with van der Waals surface area (Å²) in [4.78, 5) is 25.1. The Kier molecular flexibility index (Phi) is 6.59.